The van der Waals surface area contributed by atoms with Gasteiger partial charge in [-0.3, -0.25) is 4.79 Å². The fourth-order valence-electron chi connectivity index (χ4n) is 3.10. The lowest BCUT2D eigenvalue weighted by molar-refractivity contribution is 0.171. The molecule has 25 heavy (non-hydrogen) atoms. The monoisotopic (exact) mass is 336 g/mol. The topological polar surface area (TPSA) is 63.4 Å². The van der Waals surface area contributed by atoms with Crippen molar-refractivity contribution in [3.05, 3.63) is 69.5 Å². The number of rotatable bonds is 4. The number of hydrogen-bond acceptors (Lipinski definition) is 4. The van der Waals surface area contributed by atoms with E-state index in [9.17, 15) is 4.79 Å². The van der Waals surface area contributed by atoms with Crippen molar-refractivity contribution < 1.29 is 9.47 Å². The average molecular weight is 336 g/mol. The first kappa shape index (κ1) is 15.7. The molecule has 0 aliphatic carbocycles. The third-order valence-corrected chi connectivity index (χ3v) is 4.42. The number of nitrogens with one attached hydrogen (secondary N) is 2. The van der Waals surface area contributed by atoms with Crippen molar-refractivity contribution in [1.82, 2.24) is 10.3 Å². The van der Waals surface area contributed by atoms with E-state index < -0.39 is 0 Å². The van der Waals surface area contributed by atoms with Gasteiger partial charge in [0.1, 0.15) is 13.2 Å². The fraction of sp³-hybridized carbons (Fsp3) is 0.250. The van der Waals surface area contributed by atoms with E-state index in [1.807, 2.05) is 49.4 Å². The van der Waals surface area contributed by atoms with E-state index in [1.165, 1.54) is 0 Å². The highest BCUT2D eigenvalue weighted by molar-refractivity contribution is 5.81. The quantitative estimate of drug-likeness (QED) is 0.769. The highest BCUT2D eigenvalue weighted by Gasteiger charge is 2.11. The Kier molecular flexibility index (Phi) is 4.15. The van der Waals surface area contributed by atoms with Crippen LogP contribution in [0.5, 0.6) is 11.5 Å². The number of hydrogen-bond donors (Lipinski definition) is 2. The number of H-pyrrole nitrogens is 1. The smallest absolute Gasteiger partial charge is 0.252 e. The van der Waals surface area contributed by atoms with E-state index in [0.29, 0.717) is 26.3 Å². The minimum absolute atomic E-state index is 0.0449. The Hall–Kier alpha value is -2.79. The number of pyridine rings is 1. The third kappa shape index (κ3) is 3.23. The standard InChI is InChI=1S/C20H20N2O3/c1-13-3-2-4-15-10-16(20(23)22-19(13)15)12-21-11-14-5-6-17-18(9-14)25-8-7-24-17/h2-6,9-10,21H,7-8,11-12H2,1H3,(H,22,23). The van der Waals surface area contributed by atoms with E-state index >= 15 is 0 Å². The van der Waals surface area contributed by atoms with E-state index in [0.717, 1.165) is 39.1 Å². The molecule has 1 aromatic heterocycles. The molecule has 2 N–H and O–H groups in total. The first-order chi connectivity index (χ1) is 12.2. The molecule has 0 unspecified atom stereocenters. The maximum atomic E-state index is 12.3. The number of benzene rings is 2. The van der Waals surface area contributed by atoms with Crippen LogP contribution in [0.2, 0.25) is 0 Å². The molecule has 128 valence electrons. The van der Waals surface area contributed by atoms with Gasteiger partial charge in [0.2, 0.25) is 0 Å². The molecule has 1 aliphatic heterocycles. The zero-order valence-electron chi connectivity index (χ0n) is 14.1. The maximum Gasteiger partial charge on any atom is 0.252 e. The van der Waals surface area contributed by atoms with Crippen molar-refractivity contribution in [2.75, 3.05) is 13.2 Å². The van der Waals surface area contributed by atoms with Crippen LogP contribution in [-0.2, 0) is 13.1 Å². The molecule has 0 spiro atoms. The summed E-state index contributed by atoms with van der Waals surface area (Å²) < 4.78 is 11.1. The minimum Gasteiger partial charge on any atom is -0.486 e. The largest absolute Gasteiger partial charge is 0.486 e. The van der Waals surface area contributed by atoms with E-state index in [2.05, 4.69) is 10.3 Å². The number of aryl methyl sites for hydroxylation is 1. The lowest BCUT2D eigenvalue weighted by Crippen LogP contribution is -2.21. The zero-order valence-corrected chi connectivity index (χ0v) is 14.1. The van der Waals surface area contributed by atoms with Crippen molar-refractivity contribution >= 4 is 10.9 Å². The van der Waals surface area contributed by atoms with Gasteiger partial charge in [-0.2, -0.15) is 0 Å². The second kappa shape index (κ2) is 6.61. The SMILES string of the molecule is Cc1cccc2cc(CNCc3ccc4c(c3)OCCO4)c(=O)[nH]c12. The van der Waals surface area contributed by atoms with Crippen LogP contribution < -0.4 is 20.3 Å². The molecule has 2 heterocycles. The molecule has 0 saturated carbocycles. The Morgan fingerprint density at radius 3 is 2.76 bits per heavy atom. The molecular weight excluding hydrogens is 316 g/mol. The van der Waals surface area contributed by atoms with Gasteiger partial charge in [0.15, 0.2) is 11.5 Å². The summed E-state index contributed by atoms with van der Waals surface area (Å²) in [6, 6.07) is 13.9. The molecular formula is C20H20N2O3. The molecule has 5 heteroatoms. The van der Waals surface area contributed by atoms with Crippen LogP contribution in [0.1, 0.15) is 16.7 Å². The van der Waals surface area contributed by atoms with Crippen LogP contribution >= 0.6 is 0 Å². The molecule has 1 aliphatic rings. The predicted molar refractivity (Wildman–Crippen MR) is 97.3 cm³/mol. The van der Waals surface area contributed by atoms with Crippen molar-refractivity contribution in [2.45, 2.75) is 20.0 Å². The van der Waals surface area contributed by atoms with Gasteiger partial charge in [-0.25, -0.2) is 0 Å². The van der Waals surface area contributed by atoms with Crippen LogP contribution in [-0.4, -0.2) is 18.2 Å². The molecule has 0 saturated heterocycles. The van der Waals surface area contributed by atoms with Gasteiger partial charge in [0.25, 0.3) is 5.56 Å². The fourth-order valence-corrected chi connectivity index (χ4v) is 3.10. The number of fused-ring (bicyclic) bond motifs is 2. The number of aromatic amines is 1. The molecule has 0 atom stereocenters. The molecule has 5 nitrogen and oxygen atoms in total. The normalized spacial score (nSPS) is 13.2. The van der Waals surface area contributed by atoms with Gasteiger partial charge < -0.3 is 19.8 Å². The van der Waals surface area contributed by atoms with Crippen molar-refractivity contribution in [2.24, 2.45) is 0 Å². The third-order valence-electron chi connectivity index (χ3n) is 4.42. The van der Waals surface area contributed by atoms with E-state index in [4.69, 9.17) is 9.47 Å². The molecule has 3 aromatic rings. The molecule has 0 fully saturated rings. The van der Waals surface area contributed by atoms with Gasteiger partial charge in [0, 0.05) is 18.7 Å². The Balaban J connectivity index is 1.47. The number of ether oxygens (including phenoxy) is 2. The minimum atomic E-state index is -0.0449. The maximum absolute atomic E-state index is 12.3. The summed E-state index contributed by atoms with van der Waals surface area (Å²) in [6.45, 7) is 4.33. The van der Waals surface area contributed by atoms with Gasteiger partial charge in [-0.1, -0.05) is 24.3 Å². The first-order valence-corrected chi connectivity index (χ1v) is 8.41. The van der Waals surface area contributed by atoms with Gasteiger partial charge >= 0.3 is 0 Å². The second-order valence-corrected chi connectivity index (χ2v) is 6.24. The molecule has 0 bridgehead atoms. The van der Waals surface area contributed by atoms with Crippen molar-refractivity contribution in [1.29, 1.82) is 0 Å². The zero-order chi connectivity index (χ0) is 17.2. The number of aromatic nitrogens is 1. The van der Waals surface area contributed by atoms with Gasteiger partial charge in [-0.05, 0) is 41.6 Å². The Morgan fingerprint density at radius 2 is 1.88 bits per heavy atom. The van der Waals surface area contributed by atoms with E-state index in [1.54, 1.807) is 0 Å². The number of para-hydroxylation sites is 1. The molecule has 4 rings (SSSR count). The summed E-state index contributed by atoms with van der Waals surface area (Å²) in [5.74, 6) is 1.57. The Bertz CT molecular complexity index is 978. The highest BCUT2D eigenvalue weighted by atomic mass is 16.6. The first-order valence-electron chi connectivity index (χ1n) is 8.41. The summed E-state index contributed by atoms with van der Waals surface area (Å²) in [5, 5.41) is 4.38. The van der Waals surface area contributed by atoms with Gasteiger partial charge in [0.05, 0.1) is 5.52 Å². The molecule has 0 radical (unpaired) electrons. The van der Waals surface area contributed by atoms with Gasteiger partial charge in [-0.15, -0.1) is 0 Å². The molecule has 0 amide bonds. The van der Waals surface area contributed by atoms with Crippen LogP contribution in [0, 0.1) is 6.92 Å². The average Bonchev–Trinajstić information content (AvgIpc) is 2.63. The summed E-state index contributed by atoms with van der Waals surface area (Å²) in [5.41, 5.74) is 3.76. The van der Waals surface area contributed by atoms with Crippen LogP contribution in [0.25, 0.3) is 10.9 Å². The predicted octanol–water partition coefficient (Wildman–Crippen LogP) is 2.90. The molecule has 2 aromatic carbocycles. The van der Waals surface area contributed by atoms with Crippen molar-refractivity contribution in [3.8, 4) is 11.5 Å². The van der Waals surface area contributed by atoms with Crippen LogP contribution in [0.4, 0.5) is 0 Å². The highest BCUT2D eigenvalue weighted by Crippen LogP contribution is 2.30. The Morgan fingerprint density at radius 1 is 1.04 bits per heavy atom. The summed E-state index contributed by atoms with van der Waals surface area (Å²) in [7, 11) is 0. The van der Waals surface area contributed by atoms with Crippen LogP contribution in [0.15, 0.2) is 47.3 Å². The summed E-state index contributed by atoms with van der Waals surface area (Å²) in [6.07, 6.45) is 0. The lowest BCUT2D eigenvalue weighted by Gasteiger charge is -2.19. The summed E-state index contributed by atoms with van der Waals surface area (Å²) >= 11 is 0. The lowest BCUT2D eigenvalue weighted by atomic mass is 10.1. The van der Waals surface area contributed by atoms with Crippen LogP contribution in [0.3, 0.4) is 0 Å². The van der Waals surface area contributed by atoms with E-state index in [-0.39, 0.29) is 5.56 Å². The summed E-state index contributed by atoms with van der Waals surface area (Å²) in [4.78, 5) is 15.3. The Labute approximate surface area is 145 Å². The second-order valence-electron chi connectivity index (χ2n) is 6.24. The van der Waals surface area contributed by atoms with Crippen molar-refractivity contribution in [3.63, 3.8) is 0 Å².